The van der Waals surface area contributed by atoms with Crippen LogP contribution in [0.1, 0.15) is 5.56 Å². The molecule has 4 nitrogen and oxygen atoms in total. The van der Waals surface area contributed by atoms with Gasteiger partial charge in [-0.1, -0.05) is 43.0 Å². The number of carbonyl (C=O) groups is 1. The number of alkyl halides is 3. The molecule has 0 aliphatic rings. The van der Waals surface area contributed by atoms with Crippen molar-refractivity contribution in [2.45, 2.75) is 6.18 Å². The molecule has 1 heterocycles. The Labute approximate surface area is 170 Å². The number of benzene rings is 3. The third-order valence-corrected chi connectivity index (χ3v) is 4.62. The van der Waals surface area contributed by atoms with E-state index < -0.39 is 11.7 Å². The molecule has 0 aliphatic heterocycles. The van der Waals surface area contributed by atoms with Crippen LogP contribution in [0.15, 0.2) is 85.5 Å². The van der Waals surface area contributed by atoms with Crippen molar-refractivity contribution < 1.29 is 18.0 Å². The molecule has 0 spiro atoms. The minimum atomic E-state index is -4.39. The monoisotopic (exact) mass is 407 g/mol. The molecule has 0 bridgehead atoms. The maximum absolute atomic E-state index is 12.9. The molecule has 0 saturated heterocycles. The zero-order valence-electron chi connectivity index (χ0n) is 15.6. The maximum Gasteiger partial charge on any atom is 0.416 e. The fourth-order valence-corrected chi connectivity index (χ4v) is 3.20. The SMILES string of the molecule is C=CC(=O)Nc1cccc(-n2nc(-c3ccc(C(F)(F)F)cc3)c3ccccc32)c1. The molecule has 1 N–H and O–H groups in total. The number of hydrogen-bond donors (Lipinski definition) is 1. The molecule has 30 heavy (non-hydrogen) atoms. The molecule has 0 unspecified atom stereocenters. The van der Waals surface area contributed by atoms with Crippen molar-refractivity contribution in [2.24, 2.45) is 0 Å². The first kappa shape index (κ1) is 19.4. The van der Waals surface area contributed by atoms with Crippen LogP contribution in [0.4, 0.5) is 18.9 Å². The van der Waals surface area contributed by atoms with Crippen LogP contribution in [0.5, 0.6) is 0 Å². The number of aromatic nitrogens is 2. The van der Waals surface area contributed by atoms with Crippen LogP contribution < -0.4 is 5.32 Å². The van der Waals surface area contributed by atoms with E-state index >= 15 is 0 Å². The summed E-state index contributed by atoms with van der Waals surface area (Å²) in [5, 5.41) is 8.17. The number of carbonyl (C=O) groups excluding carboxylic acids is 1. The highest BCUT2D eigenvalue weighted by atomic mass is 19.4. The maximum atomic E-state index is 12.9. The van der Waals surface area contributed by atoms with Gasteiger partial charge in [-0.3, -0.25) is 4.79 Å². The van der Waals surface area contributed by atoms with Crippen molar-refractivity contribution in [1.82, 2.24) is 9.78 Å². The summed E-state index contributed by atoms with van der Waals surface area (Å²) >= 11 is 0. The van der Waals surface area contributed by atoms with E-state index in [2.05, 4.69) is 17.0 Å². The summed E-state index contributed by atoms with van der Waals surface area (Å²) in [6.45, 7) is 3.44. The number of fused-ring (bicyclic) bond motifs is 1. The van der Waals surface area contributed by atoms with Crippen LogP contribution in [-0.2, 0) is 11.0 Å². The smallest absolute Gasteiger partial charge is 0.322 e. The third kappa shape index (κ3) is 3.69. The van der Waals surface area contributed by atoms with Crippen molar-refractivity contribution in [3.05, 3.63) is 91.0 Å². The summed E-state index contributed by atoms with van der Waals surface area (Å²) in [5.41, 5.74) is 2.51. The minimum Gasteiger partial charge on any atom is -0.322 e. The van der Waals surface area contributed by atoms with Crippen molar-refractivity contribution in [3.8, 4) is 16.9 Å². The Morgan fingerprint density at radius 1 is 1.00 bits per heavy atom. The highest BCUT2D eigenvalue weighted by Crippen LogP contribution is 2.33. The molecule has 0 saturated carbocycles. The first-order chi connectivity index (χ1) is 14.4. The van der Waals surface area contributed by atoms with E-state index in [-0.39, 0.29) is 5.91 Å². The number of hydrogen-bond acceptors (Lipinski definition) is 2. The largest absolute Gasteiger partial charge is 0.416 e. The molecule has 4 aromatic rings. The zero-order chi connectivity index (χ0) is 21.3. The van der Waals surface area contributed by atoms with E-state index in [4.69, 9.17) is 0 Å². The van der Waals surface area contributed by atoms with Crippen LogP contribution in [0.3, 0.4) is 0 Å². The number of halogens is 3. The normalized spacial score (nSPS) is 11.4. The number of nitrogens with zero attached hydrogens (tertiary/aromatic N) is 2. The summed E-state index contributed by atoms with van der Waals surface area (Å²) < 4.78 is 40.4. The van der Waals surface area contributed by atoms with Gasteiger partial charge in [-0.2, -0.15) is 18.3 Å². The van der Waals surface area contributed by atoms with E-state index in [1.54, 1.807) is 22.9 Å². The average Bonchev–Trinajstić information content (AvgIpc) is 3.13. The molecule has 0 atom stereocenters. The highest BCUT2D eigenvalue weighted by Gasteiger charge is 2.30. The lowest BCUT2D eigenvalue weighted by molar-refractivity contribution is -0.137. The predicted molar refractivity (Wildman–Crippen MR) is 110 cm³/mol. The molecule has 0 aliphatic carbocycles. The number of rotatable bonds is 4. The topological polar surface area (TPSA) is 46.9 Å². The fourth-order valence-electron chi connectivity index (χ4n) is 3.20. The van der Waals surface area contributed by atoms with Gasteiger partial charge in [0.15, 0.2) is 0 Å². The average molecular weight is 407 g/mol. The molecule has 7 heteroatoms. The van der Waals surface area contributed by atoms with Crippen molar-refractivity contribution >= 4 is 22.5 Å². The van der Waals surface area contributed by atoms with Gasteiger partial charge >= 0.3 is 6.18 Å². The van der Waals surface area contributed by atoms with Gasteiger partial charge in [-0.15, -0.1) is 0 Å². The minimum absolute atomic E-state index is 0.331. The summed E-state index contributed by atoms with van der Waals surface area (Å²) in [7, 11) is 0. The number of para-hydroxylation sites is 1. The quantitative estimate of drug-likeness (QED) is 0.432. The molecule has 3 aromatic carbocycles. The summed E-state index contributed by atoms with van der Waals surface area (Å²) in [4.78, 5) is 11.6. The van der Waals surface area contributed by atoms with E-state index in [9.17, 15) is 18.0 Å². The zero-order valence-corrected chi connectivity index (χ0v) is 15.6. The predicted octanol–water partition coefficient (Wildman–Crippen LogP) is 5.84. The van der Waals surface area contributed by atoms with Crippen LogP contribution in [0.2, 0.25) is 0 Å². The molecule has 0 fully saturated rings. The number of amides is 1. The van der Waals surface area contributed by atoms with Gasteiger partial charge in [0.2, 0.25) is 5.91 Å². The van der Waals surface area contributed by atoms with Gasteiger partial charge in [0.25, 0.3) is 0 Å². The lowest BCUT2D eigenvalue weighted by Gasteiger charge is -2.07. The molecule has 150 valence electrons. The standard InChI is InChI=1S/C23H16F3N3O/c1-2-21(30)27-17-6-5-7-18(14-17)29-20-9-4-3-8-19(20)22(28-29)15-10-12-16(13-11-15)23(24,25)26/h2-14H,1H2,(H,27,30). The van der Waals surface area contributed by atoms with E-state index in [1.165, 1.54) is 18.2 Å². The summed E-state index contributed by atoms with van der Waals surface area (Å²) in [5.74, 6) is -0.331. The second-order valence-electron chi connectivity index (χ2n) is 6.60. The second-order valence-corrected chi connectivity index (χ2v) is 6.60. The van der Waals surface area contributed by atoms with Crippen LogP contribution in [-0.4, -0.2) is 15.7 Å². The van der Waals surface area contributed by atoms with Crippen molar-refractivity contribution in [2.75, 3.05) is 5.32 Å². The molecule has 1 amide bonds. The van der Waals surface area contributed by atoms with Crippen molar-refractivity contribution in [1.29, 1.82) is 0 Å². The highest BCUT2D eigenvalue weighted by molar-refractivity contribution is 5.99. The van der Waals surface area contributed by atoms with Crippen molar-refractivity contribution in [3.63, 3.8) is 0 Å². The van der Waals surface area contributed by atoms with E-state index in [1.807, 2.05) is 30.3 Å². The lowest BCUT2D eigenvalue weighted by atomic mass is 10.1. The fraction of sp³-hybridized carbons (Fsp3) is 0.0435. The molecule has 4 rings (SSSR count). The van der Waals surface area contributed by atoms with Gasteiger partial charge in [0.05, 0.1) is 16.8 Å². The van der Waals surface area contributed by atoms with Gasteiger partial charge in [-0.25, -0.2) is 4.68 Å². The van der Waals surface area contributed by atoms with Gasteiger partial charge < -0.3 is 5.32 Å². The summed E-state index contributed by atoms with van der Waals surface area (Å²) in [6, 6.07) is 19.5. The number of anilines is 1. The van der Waals surface area contributed by atoms with Gasteiger partial charge in [0, 0.05) is 16.6 Å². The Kier molecular flexibility index (Phi) is 4.87. The lowest BCUT2D eigenvalue weighted by Crippen LogP contribution is -2.07. The Morgan fingerprint density at radius 2 is 1.73 bits per heavy atom. The first-order valence-corrected chi connectivity index (χ1v) is 9.06. The molecular weight excluding hydrogens is 391 g/mol. The Morgan fingerprint density at radius 3 is 2.43 bits per heavy atom. The Balaban J connectivity index is 1.81. The molecule has 1 aromatic heterocycles. The van der Waals surface area contributed by atoms with E-state index in [0.29, 0.717) is 22.6 Å². The first-order valence-electron chi connectivity index (χ1n) is 9.06. The van der Waals surface area contributed by atoms with Gasteiger partial charge in [-0.05, 0) is 42.5 Å². The molecule has 0 radical (unpaired) electrons. The summed E-state index contributed by atoms with van der Waals surface area (Å²) in [6.07, 6.45) is -3.21. The third-order valence-electron chi connectivity index (χ3n) is 4.62. The van der Waals surface area contributed by atoms with Crippen LogP contribution >= 0.6 is 0 Å². The Hall–Kier alpha value is -3.87. The van der Waals surface area contributed by atoms with Gasteiger partial charge in [0.1, 0.15) is 5.69 Å². The van der Waals surface area contributed by atoms with Crippen LogP contribution in [0, 0.1) is 0 Å². The second kappa shape index (κ2) is 7.51. The number of nitrogens with one attached hydrogen (secondary N) is 1. The van der Waals surface area contributed by atoms with E-state index in [0.717, 1.165) is 23.0 Å². The van der Waals surface area contributed by atoms with Crippen LogP contribution in [0.25, 0.3) is 27.8 Å². The molecular formula is C23H16F3N3O. The Bertz CT molecular complexity index is 1240.